The van der Waals surface area contributed by atoms with E-state index in [2.05, 4.69) is 15.3 Å². The Labute approximate surface area is 157 Å². The summed E-state index contributed by atoms with van der Waals surface area (Å²) < 4.78 is 5.79. The molecule has 4 aromatic rings. The zero-order valence-electron chi connectivity index (χ0n) is 14.9. The van der Waals surface area contributed by atoms with Gasteiger partial charge in [0.25, 0.3) is 5.91 Å². The summed E-state index contributed by atoms with van der Waals surface area (Å²) in [5.41, 5.74) is 4.46. The molecule has 27 heavy (non-hydrogen) atoms. The van der Waals surface area contributed by atoms with Crippen LogP contribution in [0.5, 0.6) is 5.75 Å². The van der Waals surface area contributed by atoms with Crippen LogP contribution < -0.4 is 10.1 Å². The van der Waals surface area contributed by atoms with Crippen LogP contribution in [0.15, 0.2) is 72.8 Å². The molecule has 1 heterocycles. The third kappa shape index (κ3) is 3.67. The Bertz CT molecular complexity index is 1070. The summed E-state index contributed by atoms with van der Waals surface area (Å²) in [6, 6.07) is 23.0. The molecule has 134 valence electrons. The quantitative estimate of drug-likeness (QED) is 0.550. The Hall–Kier alpha value is -3.60. The average Bonchev–Trinajstić information content (AvgIpc) is 3.12. The SMILES string of the molecule is Cc1ccccc1NC(=O)COc1ccccc1-c1nc2ccccc2[nH]1. The number of aryl methyl sites for hydroxylation is 1. The van der Waals surface area contributed by atoms with E-state index < -0.39 is 0 Å². The first-order valence-corrected chi connectivity index (χ1v) is 8.73. The molecule has 0 bridgehead atoms. The van der Waals surface area contributed by atoms with Crippen LogP contribution >= 0.6 is 0 Å². The number of imidazole rings is 1. The Morgan fingerprint density at radius 3 is 2.59 bits per heavy atom. The highest BCUT2D eigenvalue weighted by molar-refractivity contribution is 5.92. The van der Waals surface area contributed by atoms with Crippen molar-refractivity contribution in [2.24, 2.45) is 0 Å². The number of rotatable bonds is 5. The van der Waals surface area contributed by atoms with Crippen molar-refractivity contribution in [3.63, 3.8) is 0 Å². The zero-order valence-corrected chi connectivity index (χ0v) is 14.9. The Morgan fingerprint density at radius 1 is 1.00 bits per heavy atom. The van der Waals surface area contributed by atoms with Gasteiger partial charge >= 0.3 is 0 Å². The van der Waals surface area contributed by atoms with E-state index in [-0.39, 0.29) is 12.5 Å². The highest BCUT2D eigenvalue weighted by atomic mass is 16.5. The summed E-state index contributed by atoms with van der Waals surface area (Å²) in [4.78, 5) is 20.2. The van der Waals surface area contributed by atoms with Gasteiger partial charge in [0.15, 0.2) is 6.61 Å². The number of fused-ring (bicyclic) bond motifs is 1. The molecule has 0 unspecified atom stereocenters. The molecule has 0 radical (unpaired) electrons. The molecule has 4 rings (SSSR count). The molecule has 0 aliphatic rings. The van der Waals surface area contributed by atoms with Gasteiger partial charge in [-0.15, -0.1) is 0 Å². The molecule has 0 spiro atoms. The van der Waals surface area contributed by atoms with Crippen molar-refractivity contribution in [2.75, 3.05) is 11.9 Å². The number of para-hydroxylation sites is 4. The first-order valence-electron chi connectivity index (χ1n) is 8.73. The molecule has 1 aromatic heterocycles. The first-order chi connectivity index (χ1) is 13.2. The fraction of sp³-hybridized carbons (Fsp3) is 0.0909. The van der Waals surface area contributed by atoms with Crippen LogP contribution in [0.2, 0.25) is 0 Å². The van der Waals surface area contributed by atoms with Crippen LogP contribution in [0.4, 0.5) is 5.69 Å². The van der Waals surface area contributed by atoms with Gasteiger partial charge < -0.3 is 15.0 Å². The number of carbonyl (C=O) groups is 1. The molecule has 0 saturated heterocycles. The zero-order chi connectivity index (χ0) is 18.6. The Balaban J connectivity index is 1.51. The number of anilines is 1. The normalized spacial score (nSPS) is 10.7. The highest BCUT2D eigenvalue weighted by Gasteiger charge is 2.12. The van der Waals surface area contributed by atoms with Gasteiger partial charge in [0.1, 0.15) is 11.6 Å². The van der Waals surface area contributed by atoms with Crippen LogP contribution in [-0.4, -0.2) is 22.5 Å². The van der Waals surface area contributed by atoms with Gasteiger partial charge in [0, 0.05) is 5.69 Å². The summed E-state index contributed by atoms with van der Waals surface area (Å²) in [6.45, 7) is 1.87. The maximum absolute atomic E-state index is 12.3. The second-order valence-corrected chi connectivity index (χ2v) is 6.25. The van der Waals surface area contributed by atoms with Crippen LogP contribution in [0.25, 0.3) is 22.4 Å². The predicted octanol–water partition coefficient (Wildman–Crippen LogP) is 4.56. The van der Waals surface area contributed by atoms with E-state index in [0.29, 0.717) is 11.6 Å². The number of aromatic amines is 1. The van der Waals surface area contributed by atoms with Crippen molar-refractivity contribution in [1.29, 1.82) is 0 Å². The van der Waals surface area contributed by atoms with E-state index in [1.165, 1.54) is 0 Å². The number of aromatic nitrogens is 2. The Morgan fingerprint density at radius 2 is 1.74 bits per heavy atom. The molecule has 1 amide bonds. The van der Waals surface area contributed by atoms with Gasteiger partial charge in [-0.25, -0.2) is 4.98 Å². The molecule has 5 heteroatoms. The lowest BCUT2D eigenvalue weighted by Gasteiger charge is -2.11. The number of hydrogen-bond acceptors (Lipinski definition) is 3. The number of amides is 1. The number of nitrogens with one attached hydrogen (secondary N) is 2. The molecule has 5 nitrogen and oxygen atoms in total. The molecule has 0 aliphatic carbocycles. The van der Waals surface area contributed by atoms with E-state index in [4.69, 9.17) is 4.74 Å². The van der Waals surface area contributed by atoms with Gasteiger partial charge in [0.05, 0.1) is 16.6 Å². The van der Waals surface area contributed by atoms with Gasteiger partial charge in [-0.2, -0.15) is 0 Å². The van der Waals surface area contributed by atoms with Crippen LogP contribution in [0.3, 0.4) is 0 Å². The number of H-pyrrole nitrogens is 1. The monoisotopic (exact) mass is 357 g/mol. The van der Waals surface area contributed by atoms with E-state index >= 15 is 0 Å². The predicted molar refractivity (Wildman–Crippen MR) is 107 cm³/mol. The highest BCUT2D eigenvalue weighted by Crippen LogP contribution is 2.29. The maximum Gasteiger partial charge on any atom is 0.262 e. The lowest BCUT2D eigenvalue weighted by Crippen LogP contribution is -2.20. The number of carbonyl (C=O) groups excluding carboxylic acids is 1. The molecule has 0 aliphatic heterocycles. The summed E-state index contributed by atoms with van der Waals surface area (Å²) >= 11 is 0. The largest absolute Gasteiger partial charge is 0.483 e. The molecule has 0 atom stereocenters. The van der Waals surface area contributed by atoms with Crippen molar-refractivity contribution < 1.29 is 9.53 Å². The van der Waals surface area contributed by atoms with Crippen molar-refractivity contribution in [1.82, 2.24) is 9.97 Å². The van der Waals surface area contributed by atoms with Crippen molar-refractivity contribution in [3.05, 3.63) is 78.4 Å². The fourth-order valence-corrected chi connectivity index (χ4v) is 2.91. The fourth-order valence-electron chi connectivity index (χ4n) is 2.91. The Kier molecular flexibility index (Phi) is 4.58. The van der Waals surface area contributed by atoms with Crippen molar-refractivity contribution in [3.8, 4) is 17.1 Å². The average molecular weight is 357 g/mol. The third-order valence-corrected chi connectivity index (χ3v) is 4.31. The second-order valence-electron chi connectivity index (χ2n) is 6.25. The number of hydrogen-bond donors (Lipinski definition) is 2. The first kappa shape index (κ1) is 16.8. The summed E-state index contributed by atoms with van der Waals surface area (Å²) in [6.07, 6.45) is 0. The second kappa shape index (κ2) is 7.33. The molecule has 2 N–H and O–H groups in total. The molecule has 3 aromatic carbocycles. The van der Waals surface area contributed by atoms with Crippen molar-refractivity contribution >= 4 is 22.6 Å². The molecular weight excluding hydrogens is 338 g/mol. The summed E-state index contributed by atoms with van der Waals surface area (Å²) in [5, 5.41) is 2.87. The molecule has 0 fully saturated rings. The smallest absolute Gasteiger partial charge is 0.262 e. The van der Waals surface area contributed by atoms with E-state index in [9.17, 15) is 4.79 Å². The van der Waals surface area contributed by atoms with E-state index in [1.807, 2.05) is 79.7 Å². The van der Waals surface area contributed by atoms with Crippen LogP contribution in [0.1, 0.15) is 5.56 Å². The van der Waals surface area contributed by atoms with Gasteiger partial charge in [0.2, 0.25) is 0 Å². The molecular formula is C22H19N3O2. The maximum atomic E-state index is 12.3. The number of ether oxygens (including phenoxy) is 1. The van der Waals surface area contributed by atoms with Crippen molar-refractivity contribution in [2.45, 2.75) is 6.92 Å². The summed E-state index contributed by atoms with van der Waals surface area (Å²) in [5.74, 6) is 1.12. The van der Waals surface area contributed by atoms with Gasteiger partial charge in [-0.3, -0.25) is 4.79 Å². The molecule has 0 saturated carbocycles. The van der Waals surface area contributed by atoms with Gasteiger partial charge in [-0.1, -0.05) is 42.5 Å². The summed E-state index contributed by atoms with van der Waals surface area (Å²) in [7, 11) is 0. The van der Waals surface area contributed by atoms with Crippen LogP contribution in [-0.2, 0) is 4.79 Å². The number of benzene rings is 3. The van der Waals surface area contributed by atoms with E-state index in [0.717, 1.165) is 27.8 Å². The minimum absolute atomic E-state index is 0.0778. The minimum atomic E-state index is -0.205. The van der Waals surface area contributed by atoms with E-state index in [1.54, 1.807) is 0 Å². The minimum Gasteiger partial charge on any atom is -0.483 e. The van der Waals surface area contributed by atoms with Crippen LogP contribution in [0, 0.1) is 6.92 Å². The third-order valence-electron chi connectivity index (χ3n) is 4.31. The lowest BCUT2D eigenvalue weighted by atomic mass is 10.2. The topological polar surface area (TPSA) is 67.0 Å². The van der Waals surface area contributed by atoms with Gasteiger partial charge in [-0.05, 0) is 42.8 Å². The standard InChI is InChI=1S/C22H19N3O2/c1-15-8-2-4-10-17(15)23-21(26)14-27-20-13-7-3-9-16(20)22-24-18-11-5-6-12-19(18)25-22/h2-13H,14H2,1H3,(H,23,26)(H,24,25). The number of nitrogens with zero attached hydrogens (tertiary/aromatic N) is 1. The lowest BCUT2D eigenvalue weighted by molar-refractivity contribution is -0.118.